The average molecular weight is 392 g/mol. The third-order valence-electron chi connectivity index (χ3n) is 4.70. The van der Waals surface area contributed by atoms with Crippen molar-refractivity contribution in [1.29, 1.82) is 0 Å². The predicted octanol–water partition coefficient (Wildman–Crippen LogP) is 4.60. The zero-order chi connectivity index (χ0) is 18.5. The van der Waals surface area contributed by atoms with E-state index in [4.69, 9.17) is 23.2 Å². The molecule has 138 valence electrons. The van der Waals surface area contributed by atoms with Crippen LogP contribution in [0.5, 0.6) is 0 Å². The van der Waals surface area contributed by atoms with E-state index in [0.29, 0.717) is 34.6 Å². The van der Waals surface area contributed by atoms with Crippen LogP contribution in [0.15, 0.2) is 36.5 Å². The quantitative estimate of drug-likeness (QED) is 0.809. The van der Waals surface area contributed by atoms with Crippen molar-refractivity contribution in [3.8, 4) is 0 Å². The smallest absolute Gasteiger partial charge is 0.269 e. The lowest BCUT2D eigenvalue weighted by atomic mass is 10.00. The Morgan fingerprint density at radius 3 is 2.85 bits per heavy atom. The highest BCUT2D eigenvalue weighted by atomic mass is 35.5. The Morgan fingerprint density at radius 2 is 2.15 bits per heavy atom. The van der Waals surface area contributed by atoms with Crippen LogP contribution in [-0.4, -0.2) is 30.5 Å². The number of anilines is 1. The molecule has 3 rings (SSSR count). The Hall–Kier alpha value is -1.78. The first-order valence-electron chi connectivity index (χ1n) is 8.96. The Morgan fingerprint density at radius 1 is 1.31 bits per heavy atom. The molecule has 26 heavy (non-hydrogen) atoms. The van der Waals surface area contributed by atoms with Gasteiger partial charge in [-0.2, -0.15) is 0 Å². The van der Waals surface area contributed by atoms with Gasteiger partial charge in [-0.15, -0.1) is 0 Å². The summed E-state index contributed by atoms with van der Waals surface area (Å²) in [6, 6.07) is 9.16. The van der Waals surface area contributed by atoms with Gasteiger partial charge >= 0.3 is 0 Å². The first-order chi connectivity index (χ1) is 12.5. The van der Waals surface area contributed by atoms with E-state index in [9.17, 15) is 4.79 Å². The van der Waals surface area contributed by atoms with Crippen LogP contribution in [-0.2, 0) is 6.42 Å². The van der Waals surface area contributed by atoms with Gasteiger partial charge in [0.25, 0.3) is 5.91 Å². The molecule has 2 aromatic rings. The minimum Gasteiger partial charge on any atom is -0.370 e. The summed E-state index contributed by atoms with van der Waals surface area (Å²) in [6.07, 6.45) is 4.92. The van der Waals surface area contributed by atoms with Gasteiger partial charge in [-0.25, -0.2) is 4.98 Å². The number of nitrogens with zero attached hydrogens (tertiary/aromatic N) is 2. The van der Waals surface area contributed by atoms with Gasteiger partial charge in [-0.05, 0) is 55.0 Å². The average Bonchev–Trinajstić information content (AvgIpc) is 2.63. The van der Waals surface area contributed by atoms with Gasteiger partial charge in [0.15, 0.2) is 0 Å². The van der Waals surface area contributed by atoms with Gasteiger partial charge in [0.1, 0.15) is 5.69 Å². The molecule has 0 bridgehead atoms. The Labute approximate surface area is 164 Å². The molecule has 0 saturated carbocycles. The molecule has 1 aromatic carbocycles. The lowest BCUT2D eigenvalue weighted by Crippen LogP contribution is -2.34. The fourth-order valence-electron chi connectivity index (χ4n) is 3.26. The second-order valence-corrected chi connectivity index (χ2v) is 7.68. The Kier molecular flexibility index (Phi) is 6.38. The van der Waals surface area contributed by atoms with Crippen molar-refractivity contribution in [2.24, 2.45) is 5.92 Å². The molecule has 0 radical (unpaired) electrons. The van der Waals surface area contributed by atoms with Crippen molar-refractivity contribution in [1.82, 2.24) is 10.3 Å². The summed E-state index contributed by atoms with van der Waals surface area (Å²) in [5.74, 6) is 0.528. The highest BCUT2D eigenvalue weighted by molar-refractivity contribution is 6.35. The fourth-order valence-corrected chi connectivity index (χ4v) is 3.76. The fraction of sp³-hybridized carbons (Fsp3) is 0.400. The Balaban J connectivity index is 1.53. The normalized spacial score (nSPS) is 17.2. The van der Waals surface area contributed by atoms with Crippen molar-refractivity contribution in [2.75, 3.05) is 24.5 Å². The molecular formula is C20H23Cl2N3O. The number of carbonyl (C=O) groups is 1. The predicted molar refractivity (Wildman–Crippen MR) is 107 cm³/mol. The maximum absolute atomic E-state index is 12.3. The summed E-state index contributed by atoms with van der Waals surface area (Å²) < 4.78 is 0. The third-order valence-corrected chi connectivity index (χ3v) is 5.28. The number of rotatable bonds is 5. The molecule has 1 fully saturated rings. The number of nitrogens with one attached hydrogen (secondary N) is 1. The standard InChI is InChI=1S/C20H23Cl2N3O/c1-14-3-2-10-25(13-14)17-6-7-19(24-12-17)20(26)23-9-8-15-4-5-16(21)11-18(15)22/h4-7,11-12,14H,2-3,8-10,13H2,1H3,(H,23,26). The van der Waals surface area contributed by atoms with Crippen LogP contribution in [0.3, 0.4) is 0 Å². The molecule has 0 spiro atoms. The van der Waals surface area contributed by atoms with E-state index in [-0.39, 0.29) is 5.91 Å². The number of amides is 1. The second-order valence-electron chi connectivity index (χ2n) is 6.84. The molecule has 1 aliphatic heterocycles. The molecule has 1 aromatic heterocycles. The van der Waals surface area contributed by atoms with Crippen molar-refractivity contribution in [2.45, 2.75) is 26.2 Å². The van der Waals surface area contributed by atoms with E-state index in [1.807, 2.05) is 12.1 Å². The minimum atomic E-state index is -0.173. The van der Waals surface area contributed by atoms with Crippen LogP contribution < -0.4 is 10.2 Å². The molecule has 1 aliphatic rings. The maximum atomic E-state index is 12.3. The molecular weight excluding hydrogens is 369 g/mol. The van der Waals surface area contributed by atoms with Crippen molar-refractivity contribution in [3.63, 3.8) is 0 Å². The van der Waals surface area contributed by atoms with Crippen molar-refractivity contribution < 1.29 is 4.79 Å². The maximum Gasteiger partial charge on any atom is 0.269 e. The third kappa shape index (κ3) is 4.89. The lowest BCUT2D eigenvalue weighted by molar-refractivity contribution is 0.0949. The summed E-state index contributed by atoms with van der Waals surface area (Å²) in [5, 5.41) is 4.11. The molecule has 4 nitrogen and oxygen atoms in total. The number of pyridine rings is 1. The lowest BCUT2D eigenvalue weighted by Gasteiger charge is -2.32. The molecule has 1 unspecified atom stereocenters. The van der Waals surface area contributed by atoms with Gasteiger partial charge in [0.05, 0.1) is 11.9 Å². The van der Waals surface area contributed by atoms with Gasteiger partial charge < -0.3 is 10.2 Å². The van der Waals surface area contributed by atoms with E-state index < -0.39 is 0 Å². The number of carbonyl (C=O) groups excluding carboxylic acids is 1. The van der Waals surface area contributed by atoms with Crippen LogP contribution >= 0.6 is 23.2 Å². The number of hydrogen-bond acceptors (Lipinski definition) is 3. The monoisotopic (exact) mass is 391 g/mol. The van der Waals surface area contributed by atoms with E-state index in [1.165, 1.54) is 12.8 Å². The van der Waals surface area contributed by atoms with E-state index >= 15 is 0 Å². The van der Waals surface area contributed by atoms with Crippen molar-refractivity contribution >= 4 is 34.8 Å². The highest BCUT2D eigenvalue weighted by Gasteiger charge is 2.17. The van der Waals surface area contributed by atoms with Crippen LogP contribution in [0.1, 0.15) is 35.8 Å². The first kappa shape index (κ1) is 19.0. The van der Waals surface area contributed by atoms with E-state index in [2.05, 4.69) is 22.1 Å². The Bertz CT molecular complexity index is 764. The number of halogens is 2. The van der Waals surface area contributed by atoms with Crippen molar-refractivity contribution in [3.05, 3.63) is 57.8 Å². The summed E-state index contributed by atoms with van der Waals surface area (Å²) in [7, 11) is 0. The molecule has 1 amide bonds. The van der Waals surface area contributed by atoms with E-state index in [1.54, 1.807) is 24.4 Å². The molecule has 1 N–H and O–H groups in total. The number of aromatic nitrogens is 1. The first-order valence-corrected chi connectivity index (χ1v) is 9.71. The summed E-state index contributed by atoms with van der Waals surface area (Å²) in [4.78, 5) is 18.9. The zero-order valence-corrected chi connectivity index (χ0v) is 16.4. The van der Waals surface area contributed by atoms with Gasteiger partial charge in [-0.3, -0.25) is 4.79 Å². The number of piperidine rings is 1. The number of hydrogen-bond donors (Lipinski definition) is 1. The second kappa shape index (κ2) is 8.74. The molecule has 6 heteroatoms. The van der Waals surface area contributed by atoms with Gasteiger partial charge in [0, 0.05) is 29.7 Å². The summed E-state index contributed by atoms with van der Waals surface area (Å²) >= 11 is 12.0. The minimum absolute atomic E-state index is 0.173. The highest BCUT2D eigenvalue weighted by Crippen LogP contribution is 2.23. The van der Waals surface area contributed by atoms with Crippen LogP contribution in [0.25, 0.3) is 0 Å². The molecule has 1 saturated heterocycles. The van der Waals surface area contributed by atoms with Crippen LogP contribution in [0.2, 0.25) is 10.0 Å². The topological polar surface area (TPSA) is 45.2 Å². The molecule has 2 heterocycles. The van der Waals surface area contributed by atoms with Crippen LogP contribution in [0.4, 0.5) is 5.69 Å². The van der Waals surface area contributed by atoms with Gasteiger partial charge in [-0.1, -0.05) is 36.2 Å². The van der Waals surface area contributed by atoms with Crippen LogP contribution in [0, 0.1) is 5.92 Å². The zero-order valence-electron chi connectivity index (χ0n) is 14.8. The SMILES string of the molecule is CC1CCCN(c2ccc(C(=O)NCCc3ccc(Cl)cc3Cl)nc2)C1. The summed E-state index contributed by atoms with van der Waals surface area (Å²) in [6.45, 7) is 4.87. The number of benzene rings is 1. The van der Waals surface area contributed by atoms with Gasteiger partial charge in [0.2, 0.25) is 0 Å². The molecule has 0 aliphatic carbocycles. The largest absolute Gasteiger partial charge is 0.370 e. The van der Waals surface area contributed by atoms with E-state index in [0.717, 1.165) is 24.3 Å². The molecule has 1 atom stereocenters. The summed E-state index contributed by atoms with van der Waals surface area (Å²) in [5.41, 5.74) is 2.47.